The Hall–Kier alpha value is -2.73. The molecule has 6 nitrogen and oxygen atoms in total. The molecule has 2 rings (SSSR count). The molecule has 2 aromatic carbocycles. The number of halogens is 1. The molecule has 0 radical (unpaired) electrons. The minimum Gasteiger partial charge on any atom is -0.497 e. The molecular weight excluding hydrogens is 368 g/mol. The first-order valence-electron chi connectivity index (χ1n) is 8.30. The molecule has 0 aliphatic carbocycles. The van der Waals surface area contributed by atoms with Crippen molar-refractivity contribution in [3.05, 3.63) is 47.0 Å². The van der Waals surface area contributed by atoms with Crippen molar-refractivity contribution in [2.24, 2.45) is 5.41 Å². The summed E-state index contributed by atoms with van der Waals surface area (Å²) in [6, 6.07) is 10.2. The van der Waals surface area contributed by atoms with Crippen LogP contribution in [-0.4, -0.2) is 26.0 Å². The van der Waals surface area contributed by atoms with Gasteiger partial charge in [-0.25, -0.2) is 0 Å². The van der Waals surface area contributed by atoms with Gasteiger partial charge in [-0.3, -0.25) is 9.59 Å². The first-order valence-corrected chi connectivity index (χ1v) is 8.68. The van der Waals surface area contributed by atoms with Crippen molar-refractivity contribution < 1.29 is 19.1 Å². The fourth-order valence-electron chi connectivity index (χ4n) is 2.30. The van der Waals surface area contributed by atoms with Crippen LogP contribution in [0, 0.1) is 12.3 Å². The van der Waals surface area contributed by atoms with Crippen molar-refractivity contribution in [2.75, 3.05) is 24.9 Å². The zero-order chi connectivity index (χ0) is 20.2. The van der Waals surface area contributed by atoms with Gasteiger partial charge >= 0.3 is 0 Å². The summed E-state index contributed by atoms with van der Waals surface area (Å²) in [5, 5.41) is 6.02. The quantitative estimate of drug-likeness (QED) is 0.722. The normalized spacial score (nSPS) is 10.9. The molecule has 0 saturated carbocycles. The van der Waals surface area contributed by atoms with Crippen LogP contribution in [0.5, 0.6) is 11.5 Å². The highest BCUT2D eigenvalue weighted by molar-refractivity contribution is 6.31. The molecule has 0 bridgehead atoms. The third-order valence-corrected chi connectivity index (χ3v) is 4.60. The SMILES string of the molecule is COc1cccc(NC(=O)C(C)(C)C(=O)Nc2cc(C)c(Cl)cc2OC)c1. The van der Waals surface area contributed by atoms with Gasteiger partial charge in [-0.2, -0.15) is 0 Å². The Morgan fingerprint density at radius 3 is 2.30 bits per heavy atom. The van der Waals surface area contributed by atoms with Gasteiger partial charge in [-0.15, -0.1) is 0 Å². The van der Waals surface area contributed by atoms with Gasteiger partial charge in [-0.05, 0) is 44.5 Å². The maximum absolute atomic E-state index is 12.8. The predicted molar refractivity (Wildman–Crippen MR) is 107 cm³/mol. The number of amides is 2. The summed E-state index contributed by atoms with van der Waals surface area (Å²) in [6.45, 7) is 4.91. The average Bonchev–Trinajstić information content (AvgIpc) is 2.64. The topological polar surface area (TPSA) is 76.7 Å². The third kappa shape index (κ3) is 4.71. The number of nitrogens with one attached hydrogen (secondary N) is 2. The number of carbonyl (C=O) groups is 2. The van der Waals surface area contributed by atoms with Gasteiger partial charge in [0.1, 0.15) is 16.9 Å². The maximum atomic E-state index is 12.8. The van der Waals surface area contributed by atoms with Crippen LogP contribution in [0.2, 0.25) is 5.02 Å². The Labute approximate surface area is 163 Å². The second kappa shape index (κ2) is 8.31. The van der Waals surface area contributed by atoms with Crippen LogP contribution in [0.3, 0.4) is 0 Å². The molecule has 2 amide bonds. The predicted octanol–water partition coefficient (Wildman–Crippen LogP) is 4.27. The highest BCUT2D eigenvalue weighted by atomic mass is 35.5. The molecule has 0 aromatic heterocycles. The summed E-state index contributed by atoms with van der Waals surface area (Å²) in [4.78, 5) is 25.4. The molecule has 2 aromatic rings. The Morgan fingerprint density at radius 1 is 1.00 bits per heavy atom. The van der Waals surface area contributed by atoms with E-state index < -0.39 is 17.2 Å². The van der Waals surface area contributed by atoms with E-state index in [-0.39, 0.29) is 0 Å². The van der Waals surface area contributed by atoms with Crippen LogP contribution >= 0.6 is 11.6 Å². The Morgan fingerprint density at radius 2 is 1.67 bits per heavy atom. The number of methoxy groups -OCH3 is 2. The molecule has 0 saturated heterocycles. The van der Waals surface area contributed by atoms with Gasteiger partial charge < -0.3 is 20.1 Å². The molecule has 0 spiro atoms. The van der Waals surface area contributed by atoms with Crippen LogP contribution in [0.25, 0.3) is 0 Å². The smallest absolute Gasteiger partial charge is 0.239 e. The van der Waals surface area contributed by atoms with Gasteiger partial charge in [0.05, 0.1) is 19.9 Å². The van der Waals surface area contributed by atoms with Gasteiger partial charge in [0, 0.05) is 22.8 Å². The summed E-state index contributed by atoms with van der Waals surface area (Å²) in [5.41, 5.74) is 0.444. The maximum Gasteiger partial charge on any atom is 0.239 e. The fraction of sp³-hybridized carbons (Fsp3) is 0.300. The van der Waals surface area contributed by atoms with Crippen LogP contribution in [0.15, 0.2) is 36.4 Å². The Kier molecular flexibility index (Phi) is 6.33. The molecule has 2 N–H and O–H groups in total. The number of hydrogen-bond acceptors (Lipinski definition) is 4. The molecule has 0 fully saturated rings. The number of rotatable bonds is 6. The first kappa shape index (κ1) is 20.6. The van der Waals surface area contributed by atoms with Crippen LogP contribution in [0.1, 0.15) is 19.4 Å². The zero-order valence-electron chi connectivity index (χ0n) is 16.0. The molecule has 0 aliphatic heterocycles. The molecule has 7 heteroatoms. The molecule has 144 valence electrons. The summed E-state index contributed by atoms with van der Waals surface area (Å²) in [7, 11) is 3.02. The highest BCUT2D eigenvalue weighted by Crippen LogP contribution is 2.32. The number of hydrogen-bond donors (Lipinski definition) is 2. The van der Waals surface area contributed by atoms with E-state index in [1.54, 1.807) is 57.4 Å². The molecule has 0 heterocycles. The van der Waals surface area contributed by atoms with E-state index >= 15 is 0 Å². The molecule has 0 unspecified atom stereocenters. The van der Waals surface area contributed by atoms with E-state index in [2.05, 4.69) is 10.6 Å². The van der Waals surface area contributed by atoms with E-state index in [4.69, 9.17) is 21.1 Å². The average molecular weight is 391 g/mol. The minimum atomic E-state index is -1.33. The minimum absolute atomic E-state index is 0.419. The van der Waals surface area contributed by atoms with E-state index in [1.165, 1.54) is 7.11 Å². The third-order valence-electron chi connectivity index (χ3n) is 4.19. The lowest BCUT2D eigenvalue weighted by Gasteiger charge is -2.23. The van der Waals surface area contributed by atoms with E-state index in [0.29, 0.717) is 27.9 Å². The lowest BCUT2D eigenvalue weighted by molar-refractivity contribution is -0.135. The van der Waals surface area contributed by atoms with E-state index in [0.717, 1.165) is 5.56 Å². The summed E-state index contributed by atoms with van der Waals surface area (Å²) >= 11 is 6.09. The molecular formula is C20H23ClN2O4. The van der Waals surface area contributed by atoms with Crippen LogP contribution < -0.4 is 20.1 Å². The van der Waals surface area contributed by atoms with Gasteiger partial charge in [0.25, 0.3) is 0 Å². The van der Waals surface area contributed by atoms with Gasteiger partial charge in [0.15, 0.2) is 0 Å². The molecule has 27 heavy (non-hydrogen) atoms. The zero-order valence-corrected chi connectivity index (χ0v) is 16.7. The number of aryl methyl sites for hydroxylation is 1. The standard InChI is InChI=1S/C20H23ClN2O4/c1-12-9-16(17(27-5)11-15(12)21)23-19(25)20(2,3)18(24)22-13-7-6-8-14(10-13)26-4/h6-11H,1-5H3,(H,22,24)(H,23,25). The molecule has 0 aliphatic rings. The summed E-state index contributed by atoms with van der Waals surface area (Å²) in [6.07, 6.45) is 0. The first-order chi connectivity index (χ1) is 12.7. The van der Waals surface area contributed by atoms with Crippen LogP contribution in [-0.2, 0) is 9.59 Å². The van der Waals surface area contributed by atoms with E-state index in [9.17, 15) is 9.59 Å². The van der Waals surface area contributed by atoms with Crippen LogP contribution in [0.4, 0.5) is 11.4 Å². The highest BCUT2D eigenvalue weighted by Gasteiger charge is 2.36. The second-order valence-electron chi connectivity index (χ2n) is 6.57. The largest absolute Gasteiger partial charge is 0.497 e. The summed E-state index contributed by atoms with van der Waals surface area (Å²) in [5.74, 6) is 0.111. The number of benzene rings is 2. The lowest BCUT2D eigenvalue weighted by atomic mass is 9.90. The van der Waals surface area contributed by atoms with E-state index in [1.807, 2.05) is 6.92 Å². The summed E-state index contributed by atoms with van der Waals surface area (Å²) < 4.78 is 10.4. The van der Waals surface area contributed by atoms with Crippen molar-refractivity contribution in [2.45, 2.75) is 20.8 Å². The van der Waals surface area contributed by atoms with Gasteiger partial charge in [0.2, 0.25) is 11.8 Å². The Bertz CT molecular complexity index is 865. The lowest BCUT2D eigenvalue weighted by Crippen LogP contribution is -2.41. The Balaban J connectivity index is 2.19. The van der Waals surface area contributed by atoms with Crippen molar-refractivity contribution in [3.63, 3.8) is 0 Å². The van der Waals surface area contributed by atoms with Crippen molar-refractivity contribution in [1.29, 1.82) is 0 Å². The number of carbonyl (C=O) groups excluding carboxylic acids is 2. The van der Waals surface area contributed by atoms with Gasteiger partial charge in [-0.1, -0.05) is 17.7 Å². The number of anilines is 2. The number of ether oxygens (including phenoxy) is 2. The monoisotopic (exact) mass is 390 g/mol. The molecule has 0 atom stereocenters. The van der Waals surface area contributed by atoms with Crippen molar-refractivity contribution in [1.82, 2.24) is 0 Å². The van der Waals surface area contributed by atoms with Crippen molar-refractivity contribution >= 4 is 34.8 Å². The second-order valence-corrected chi connectivity index (χ2v) is 6.97. The van der Waals surface area contributed by atoms with Crippen molar-refractivity contribution in [3.8, 4) is 11.5 Å². The fourth-order valence-corrected chi connectivity index (χ4v) is 2.45.